The fraction of sp³-hybridized carbons (Fsp3) is 0.296. The Morgan fingerprint density at radius 1 is 1.08 bits per heavy atom. The Bertz CT molecular complexity index is 1490. The summed E-state index contributed by atoms with van der Waals surface area (Å²) in [5, 5.41) is 32.8. The lowest BCUT2D eigenvalue weighted by atomic mass is 9.53. The number of nitro groups is 1. The van der Waals surface area contributed by atoms with Crippen LogP contribution in [0.25, 0.3) is 12.2 Å². The van der Waals surface area contributed by atoms with E-state index in [0.29, 0.717) is 16.7 Å². The van der Waals surface area contributed by atoms with Crippen molar-refractivity contribution in [1.82, 2.24) is 0 Å². The van der Waals surface area contributed by atoms with Crippen LogP contribution in [-0.2, 0) is 25.6 Å². The third kappa shape index (κ3) is 3.66. The molecule has 3 aliphatic carbocycles. The van der Waals surface area contributed by atoms with E-state index in [9.17, 15) is 44.3 Å². The van der Waals surface area contributed by atoms with Crippen LogP contribution in [0.1, 0.15) is 39.9 Å². The number of ketones is 4. The molecule has 2 unspecified atom stereocenters. The van der Waals surface area contributed by atoms with Gasteiger partial charge in [-0.1, -0.05) is 30.4 Å². The number of primary amides is 1. The summed E-state index contributed by atoms with van der Waals surface area (Å²) >= 11 is 0. The van der Waals surface area contributed by atoms with Crippen molar-refractivity contribution < 1.29 is 39.1 Å². The Balaban J connectivity index is 1.54. The minimum absolute atomic E-state index is 0.00919. The molecule has 5 rings (SSSR count). The van der Waals surface area contributed by atoms with Gasteiger partial charge in [0.1, 0.15) is 5.75 Å². The van der Waals surface area contributed by atoms with E-state index in [-0.39, 0.29) is 29.8 Å². The lowest BCUT2D eigenvalue weighted by Crippen LogP contribution is -2.68. The molecule has 0 aromatic heterocycles. The van der Waals surface area contributed by atoms with Gasteiger partial charge < -0.3 is 15.9 Å². The summed E-state index contributed by atoms with van der Waals surface area (Å²) in [7, 11) is 0. The molecule has 38 heavy (non-hydrogen) atoms. The maximum atomic E-state index is 13.6. The fourth-order valence-corrected chi connectivity index (χ4v) is 6.08. The Morgan fingerprint density at radius 3 is 2.50 bits per heavy atom. The highest BCUT2D eigenvalue weighted by Gasteiger charge is 2.66. The molecule has 0 heterocycles. The summed E-state index contributed by atoms with van der Waals surface area (Å²) < 4.78 is 0. The second-order valence-electron chi connectivity index (χ2n) is 9.95. The number of aromatic hydroxyl groups is 1. The summed E-state index contributed by atoms with van der Waals surface area (Å²) in [6.45, 7) is 0. The Morgan fingerprint density at radius 2 is 1.82 bits per heavy atom. The molecule has 1 amide bonds. The number of fused-ring (bicyclic) bond motifs is 3. The van der Waals surface area contributed by atoms with Crippen LogP contribution in [0, 0.1) is 33.8 Å². The van der Waals surface area contributed by atoms with E-state index in [2.05, 4.69) is 0 Å². The zero-order valence-corrected chi connectivity index (χ0v) is 19.8. The van der Waals surface area contributed by atoms with Gasteiger partial charge >= 0.3 is 0 Å². The highest BCUT2D eigenvalue weighted by molar-refractivity contribution is 6.31. The quantitative estimate of drug-likeness (QED) is 0.232. The number of non-ortho nitro benzene ring substituents is 1. The number of rotatable bonds is 4. The van der Waals surface area contributed by atoms with Crippen molar-refractivity contribution in [3.63, 3.8) is 0 Å². The third-order valence-electron chi connectivity index (χ3n) is 7.86. The van der Waals surface area contributed by atoms with Gasteiger partial charge in [-0.3, -0.25) is 34.1 Å². The van der Waals surface area contributed by atoms with Crippen molar-refractivity contribution in [3.05, 3.63) is 68.8 Å². The smallest absolute Gasteiger partial charge is 0.270 e. The zero-order chi connectivity index (χ0) is 27.5. The number of phenolic OH excluding ortho intramolecular Hbond substituents is 1. The first-order valence-corrected chi connectivity index (χ1v) is 11.9. The number of Topliss-reactive ketones (excluding diaryl/α,β-unsaturated/α-hetero) is 4. The molecule has 3 aliphatic rings. The molecule has 0 saturated heterocycles. The second kappa shape index (κ2) is 8.80. The Kier molecular flexibility index (Phi) is 5.83. The van der Waals surface area contributed by atoms with E-state index in [0.717, 1.165) is 0 Å². The van der Waals surface area contributed by atoms with Crippen molar-refractivity contribution in [2.24, 2.45) is 29.4 Å². The number of carbonyl (C=O) groups excluding carboxylic acids is 5. The van der Waals surface area contributed by atoms with Crippen LogP contribution in [0.5, 0.6) is 5.75 Å². The standard InChI is InChI=1S/C27H22N2O9/c28-26(35)22-19(31)11-15-9-14-10-17-13(5-4-12-2-1-3-16(8-12)29(37)38)6-7-18(30)21(17)23(32)20(14)24(33)27(15,36)25(22)34/h1-8,14-15,20,22,30,36H,9-11H2,(H2,28,35)/t14-,15+,20?,22?,27+/m1/s1. The second-order valence-corrected chi connectivity index (χ2v) is 9.95. The minimum atomic E-state index is -2.70. The number of benzene rings is 2. The highest BCUT2D eigenvalue weighted by atomic mass is 16.6. The van der Waals surface area contributed by atoms with Crippen LogP contribution < -0.4 is 5.73 Å². The van der Waals surface area contributed by atoms with E-state index < -0.39 is 69.7 Å². The number of nitrogens with zero attached hydrogens (tertiary/aromatic N) is 1. The summed E-state index contributed by atoms with van der Waals surface area (Å²) in [6, 6.07) is 8.77. The van der Waals surface area contributed by atoms with Gasteiger partial charge in [-0.2, -0.15) is 0 Å². The molecule has 2 saturated carbocycles. The molecule has 0 bridgehead atoms. The largest absolute Gasteiger partial charge is 0.507 e. The number of phenols is 1. The number of hydrogen-bond acceptors (Lipinski definition) is 9. The normalized spacial score (nSPS) is 28.6. The molecule has 5 atom stereocenters. The maximum Gasteiger partial charge on any atom is 0.270 e. The minimum Gasteiger partial charge on any atom is -0.507 e. The highest BCUT2D eigenvalue weighted by Crippen LogP contribution is 2.50. The molecular formula is C27H22N2O9. The van der Waals surface area contributed by atoms with E-state index in [1.165, 1.54) is 24.3 Å². The van der Waals surface area contributed by atoms with Gasteiger partial charge in [-0.25, -0.2) is 0 Å². The fourth-order valence-electron chi connectivity index (χ4n) is 6.08. The predicted octanol–water partition coefficient (Wildman–Crippen LogP) is 1.41. The van der Waals surface area contributed by atoms with Crippen molar-refractivity contribution in [2.75, 3.05) is 0 Å². The van der Waals surface area contributed by atoms with E-state index in [1.807, 2.05) is 0 Å². The lowest BCUT2D eigenvalue weighted by molar-refractivity contribution is -0.384. The van der Waals surface area contributed by atoms with Crippen LogP contribution in [0.3, 0.4) is 0 Å². The van der Waals surface area contributed by atoms with Crippen molar-refractivity contribution in [3.8, 4) is 5.75 Å². The molecule has 11 nitrogen and oxygen atoms in total. The van der Waals surface area contributed by atoms with Gasteiger partial charge in [0.25, 0.3) is 5.69 Å². The van der Waals surface area contributed by atoms with E-state index >= 15 is 0 Å². The van der Waals surface area contributed by atoms with Crippen LogP contribution in [0.4, 0.5) is 5.69 Å². The Hall–Kier alpha value is -4.51. The van der Waals surface area contributed by atoms with Gasteiger partial charge in [0, 0.05) is 24.5 Å². The van der Waals surface area contributed by atoms with E-state index in [1.54, 1.807) is 24.3 Å². The van der Waals surface area contributed by atoms with E-state index in [4.69, 9.17) is 5.73 Å². The summed E-state index contributed by atoms with van der Waals surface area (Å²) in [6.07, 6.45) is 2.96. The first kappa shape index (κ1) is 25.2. The maximum absolute atomic E-state index is 13.6. The van der Waals surface area contributed by atoms with Crippen molar-refractivity contribution in [2.45, 2.75) is 24.9 Å². The third-order valence-corrected chi connectivity index (χ3v) is 7.86. The molecule has 0 aliphatic heterocycles. The number of hydrogen-bond donors (Lipinski definition) is 3. The van der Waals surface area contributed by atoms with Gasteiger partial charge in [0.2, 0.25) is 5.91 Å². The van der Waals surface area contributed by atoms with Gasteiger partial charge in [0.15, 0.2) is 34.7 Å². The molecular weight excluding hydrogens is 496 g/mol. The molecule has 11 heteroatoms. The average molecular weight is 518 g/mol. The van der Waals surface area contributed by atoms with Crippen molar-refractivity contribution >= 4 is 46.9 Å². The molecule has 0 spiro atoms. The van der Waals surface area contributed by atoms with Crippen LogP contribution >= 0.6 is 0 Å². The average Bonchev–Trinajstić information content (AvgIpc) is 2.85. The Labute approximate surface area is 215 Å². The number of aliphatic hydroxyl groups is 1. The molecule has 194 valence electrons. The summed E-state index contributed by atoms with van der Waals surface area (Å²) in [4.78, 5) is 74.8. The molecule has 2 aromatic rings. The molecule has 2 fully saturated rings. The van der Waals surface area contributed by atoms with Gasteiger partial charge in [-0.05, 0) is 41.5 Å². The van der Waals surface area contributed by atoms with Gasteiger partial charge in [-0.15, -0.1) is 0 Å². The number of amides is 1. The molecule has 4 N–H and O–H groups in total. The van der Waals surface area contributed by atoms with Crippen LogP contribution in [0.2, 0.25) is 0 Å². The first-order chi connectivity index (χ1) is 17.9. The van der Waals surface area contributed by atoms with Crippen LogP contribution in [0.15, 0.2) is 36.4 Å². The molecule has 0 radical (unpaired) electrons. The predicted molar refractivity (Wildman–Crippen MR) is 131 cm³/mol. The zero-order valence-electron chi connectivity index (χ0n) is 19.8. The number of nitro benzene ring substituents is 1. The SMILES string of the molecule is NC(=O)C1C(=O)C[C@@H]2C[C@@H]3Cc4c(C=Cc5cccc([N+](=O)[O-])c5)ccc(O)c4C(=O)C3C(=O)[C@]2(O)C1=O. The number of nitrogens with two attached hydrogens (primary N) is 1. The van der Waals surface area contributed by atoms with Crippen LogP contribution in [-0.4, -0.2) is 49.8 Å². The number of carbonyl (C=O) groups is 5. The summed E-state index contributed by atoms with van der Waals surface area (Å²) in [5.74, 6) is -10.7. The van der Waals surface area contributed by atoms with Crippen molar-refractivity contribution in [1.29, 1.82) is 0 Å². The lowest BCUT2D eigenvalue weighted by Gasteiger charge is -2.48. The monoisotopic (exact) mass is 518 g/mol. The first-order valence-electron chi connectivity index (χ1n) is 11.9. The summed E-state index contributed by atoms with van der Waals surface area (Å²) in [5.41, 5.74) is 3.78. The molecule has 2 aromatic carbocycles. The topological polar surface area (TPSA) is 195 Å². The van der Waals surface area contributed by atoms with Gasteiger partial charge in [0.05, 0.1) is 16.4 Å².